The van der Waals surface area contributed by atoms with Gasteiger partial charge in [-0.1, -0.05) is 11.6 Å². The molecule has 1 aliphatic heterocycles. The molecule has 0 spiro atoms. The maximum absolute atomic E-state index is 6.09. The van der Waals surface area contributed by atoms with Gasteiger partial charge in [-0.2, -0.15) is 0 Å². The lowest BCUT2D eigenvalue weighted by atomic mass is 10.1. The van der Waals surface area contributed by atoms with E-state index in [0.29, 0.717) is 16.6 Å². The van der Waals surface area contributed by atoms with Gasteiger partial charge in [-0.3, -0.25) is 0 Å². The number of hydrogen-bond acceptors (Lipinski definition) is 3. The van der Waals surface area contributed by atoms with Crippen molar-refractivity contribution in [1.82, 2.24) is 0 Å². The molecule has 4 heteroatoms. The second kappa shape index (κ2) is 5.15. The number of methoxy groups -OCH3 is 1. The molecule has 0 bridgehead atoms. The van der Waals surface area contributed by atoms with Crippen LogP contribution in [0.4, 0.5) is 11.4 Å². The summed E-state index contributed by atoms with van der Waals surface area (Å²) in [4.78, 5) is 2.37. The number of nitrogens with two attached hydrogens (primary N) is 1. The number of benzene rings is 1. The number of rotatable bonds is 3. The molecule has 3 nitrogen and oxygen atoms in total. The standard InChI is InChI=1S/C13H19ClN2O/c1-9-5-12(15)11(14)6-13(9)16-4-3-10(7-16)8-17-2/h5-6,10H,3-4,7-8,15H2,1-2H3. The quantitative estimate of drug-likeness (QED) is 0.843. The number of halogens is 1. The van der Waals surface area contributed by atoms with E-state index in [0.717, 1.165) is 19.7 Å². The van der Waals surface area contributed by atoms with Gasteiger partial charge >= 0.3 is 0 Å². The van der Waals surface area contributed by atoms with Crippen molar-refractivity contribution in [3.8, 4) is 0 Å². The number of aryl methyl sites for hydroxylation is 1. The molecule has 2 rings (SSSR count). The molecular formula is C13H19ClN2O. The minimum Gasteiger partial charge on any atom is -0.398 e. The van der Waals surface area contributed by atoms with E-state index in [9.17, 15) is 0 Å². The lowest BCUT2D eigenvalue weighted by molar-refractivity contribution is 0.161. The van der Waals surface area contributed by atoms with E-state index >= 15 is 0 Å². The molecule has 1 saturated heterocycles. The van der Waals surface area contributed by atoms with Gasteiger partial charge in [0.1, 0.15) is 0 Å². The molecule has 0 aromatic heterocycles. The first-order valence-electron chi connectivity index (χ1n) is 5.91. The zero-order valence-corrected chi connectivity index (χ0v) is 11.1. The maximum Gasteiger partial charge on any atom is 0.0656 e. The second-order valence-electron chi connectivity index (χ2n) is 4.72. The van der Waals surface area contributed by atoms with E-state index in [1.54, 1.807) is 7.11 Å². The van der Waals surface area contributed by atoms with E-state index in [2.05, 4.69) is 11.8 Å². The van der Waals surface area contributed by atoms with Gasteiger partial charge in [0, 0.05) is 31.8 Å². The summed E-state index contributed by atoms with van der Waals surface area (Å²) >= 11 is 6.09. The summed E-state index contributed by atoms with van der Waals surface area (Å²) in [5, 5.41) is 0.640. The van der Waals surface area contributed by atoms with Crippen LogP contribution in [-0.2, 0) is 4.74 Å². The van der Waals surface area contributed by atoms with Gasteiger partial charge in [0.25, 0.3) is 0 Å². The first-order valence-corrected chi connectivity index (χ1v) is 6.29. The molecule has 1 unspecified atom stereocenters. The van der Waals surface area contributed by atoms with Crippen molar-refractivity contribution in [3.63, 3.8) is 0 Å². The molecule has 1 aromatic rings. The Morgan fingerprint density at radius 1 is 1.53 bits per heavy atom. The Balaban J connectivity index is 2.16. The Kier molecular flexibility index (Phi) is 3.79. The lowest BCUT2D eigenvalue weighted by Crippen LogP contribution is -2.21. The van der Waals surface area contributed by atoms with Gasteiger partial charge in [0.2, 0.25) is 0 Å². The van der Waals surface area contributed by atoms with E-state index in [-0.39, 0.29) is 0 Å². The van der Waals surface area contributed by atoms with Crippen LogP contribution in [0.1, 0.15) is 12.0 Å². The van der Waals surface area contributed by atoms with Crippen LogP contribution in [0.25, 0.3) is 0 Å². The normalized spacial score (nSPS) is 19.9. The molecule has 0 amide bonds. The van der Waals surface area contributed by atoms with Crippen LogP contribution in [-0.4, -0.2) is 26.8 Å². The first kappa shape index (κ1) is 12.5. The molecule has 2 N–H and O–H groups in total. The summed E-state index contributed by atoms with van der Waals surface area (Å²) < 4.78 is 5.21. The molecular weight excluding hydrogens is 236 g/mol. The van der Waals surface area contributed by atoms with E-state index < -0.39 is 0 Å². The molecule has 1 aliphatic rings. The van der Waals surface area contributed by atoms with Crippen molar-refractivity contribution in [3.05, 3.63) is 22.7 Å². The number of nitrogen functional groups attached to an aromatic ring is 1. The van der Waals surface area contributed by atoms with Crippen molar-refractivity contribution in [2.24, 2.45) is 5.92 Å². The van der Waals surface area contributed by atoms with E-state index in [1.165, 1.54) is 17.7 Å². The SMILES string of the molecule is COCC1CCN(c2cc(Cl)c(N)cc2C)C1. The summed E-state index contributed by atoms with van der Waals surface area (Å²) in [6.07, 6.45) is 1.18. The van der Waals surface area contributed by atoms with Crippen molar-refractivity contribution in [2.45, 2.75) is 13.3 Å². The average Bonchev–Trinajstić information content (AvgIpc) is 2.72. The van der Waals surface area contributed by atoms with Crippen LogP contribution in [0, 0.1) is 12.8 Å². The minimum atomic E-state index is 0.621. The third kappa shape index (κ3) is 2.67. The molecule has 0 radical (unpaired) electrons. The van der Waals surface area contributed by atoms with Crippen LogP contribution < -0.4 is 10.6 Å². The predicted molar refractivity (Wildman–Crippen MR) is 72.8 cm³/mol. The Morgan fingerprint density at radius 2 is 2.29 bits per heavy atom. The van der Waals surface area contributed by atoms with Crippen molar-refractivity contribution in [2.75, 3.05) is 37.4 Å². The van der Waals surface area contributed by atoms with Crippen molar-refractivity contribution in [1.29, 1.82) is 0 Å². The summed E-state index contributed by atoms with van der Waals surface area (Å²) in [5.74, 6) is 0.621. The maximum atomic E-state index is 6.09. The highest BCUT2D eigenvalue weighted by molar-refractivity contribution is 6.33. The fourth-order valence-corrected chi connectivity index (χ4v) is 2.62. The predicted octanol–water partition coefficient (Wildman–Crippen LogP) is 2.70. The molecule has 1 fully saturated rings. The molecule has 0 aliphatic carbocycles. The monoisotopic (exact) mass is 254 g/mol. The first-order chi connectivity index (χ1) is 8.11. The molecule has 1 atom stereocenters. The van der Waals surface area contributed by atoms with Crippen LogP contribution in [0.3, 0.4) is 0 Å². The van der Waals surface area contributed by atoms with E-state index in [1.807, 2.05) is 12.1 Å². The highest BCUT2D eigenvalue weighted by atomic mass is 35.5. The third-order valence-electron chi connectivity index (χ3n) is 3.34. The Labute approximate surface area is 107 Å². The van der Waals surface area contributed by atoms with Gasteiger partial charge in [0.15, 0.2) is 0 Å². The highest BCUT2D eigenvalue weighted by Crippen LogP contribution is 2.32. The van der Waals surface area contributed by atoms with Crippen LogP contribution in [0.2, 0.25) is 5.02 Å². The minimum absolute atomic E-state index is 0.621. The van der Waals surface area contributed by atoms with Crippen molar-refractivity contribution < 1.29 is 4.74 Å². The fourth-order valence-electron chi connectivity index (χ4n) is 2.46. The van der Waals surface area contributed by atoms with Gasteiger partial charge < -0.3 is 15.4 Å². The summed E-state index contributed by atoms with van der Waals surface area (Å²) in [6.45, 7) is 5.01. The Morgan fingerprint density at radius 3 is 3.00 bits per heavy atom. The summed E-state index contributed by atoms with van der Waals surface area (Å²) in [6, 6.07) is 3.92. The number of anilines is 2. The van der Waals surface area contributed by atoms with Gasteiger partial charge in [-0.05, 0) is 31.0 Å². The lowest BCUT2D eigenvalue weighted by Gasteiger charge is -2.21. The molecule has 17 heavy (non-hydrogen) atoms. The summed E-state index contributed by atoms with van der Waals surface area (Å²) in [5.41, 5.74) is 8.83. The zero-order valence-electron chi connectivity index (χ0n) is 10.4. The second-order valence-corrected chi connectivity index (χ2v) is 5.12. The summed E-state index contributed by atoms with van der Waals surface area (Å²) in [7, 11) is 1.76. The molecule has 1 aromatic carbocycles. The van der Waals surface area contributed by atoms with Gasteiger partial charge in [-0.15, -0.1) is 0 Å². The smallest absolute Gasteiger partial charge is 0.0656 e. The largest absolute Gasteiger partial charge is 0.398 e. The third-order valence-corrected chi connectivity index (χ3v) is 3.67. The van der Waals surface area contributed by atoms with Crippen LogP contribution in [0.5, 0.6) is 0 Å². The van der Waals surface area contributed by atoms with Crippen LogP contribution >= 0.6 is 11.6 Å². The number of hydrogen-bond donors (Lipinski definition) is 1. The fraction of sp³-hybridized carbons (Fsp3) is 0.538. The molecule has 0 saturated carbocycles. The number of nitrogens with zero attached hydrogens (tertiary/aromatic N) is 1. The number of ether oxygens (including phenoxy) is 1. The average molecular weight is 255 g/mol. The molecule has 94 valence electrons. The Hall–Kier alpha value is -0.930. The zero-order chi connectivity index (χ0) is 12.4. The van der Waals surface area contributed by atoms with Gasteiger partial charge in [-0.25, -0.2) is 0 Å². The van der Waals surface area contributed by atoms with Crippen LogP contribution in [0.15, 0.2) is 12.1 Å². The Bertz CT molecular complexity index is 409. The van der Waals surface area contributed by atoms with E-state index in [4.69, 9.17) is 22.1 Å². The van der Waals surface area contributed by atoms with Gasteiger partial charge in [0.05, 0.1) is 17.3 Å². The molecule has 1 heterocycles. The van der Waals surface area contributed by atoms with Crippen molar-refractivity contribution >= 4 is 23.0 Å². The topological polar surface area (TPSA) is 38.5 Å². The highest BCUT2D eigenvalue weighted by Gasteiger charge is 2.23.